The minimum atomic E-state index is -0.170. The van der Waals surface area contributed by atoms with Gasteiger partial charge in [0.1, 0.15) is 10.8 Å². The van der Waals surface area contributed by atoms with Gasteiger partial charge in [0.25, 0.3) is 0 Å². The van der Waals surface area contributed by atoms with Crippen molar-refractivity contribution in [3.63, 3.8) is 0 Å². The molecule has 1 saturated carbocycles. The number of nitrogens with one attached hydrogen (secondary N) is 1. The molecule has 4 heteroatoms. The summed E-state index contributed by atoms with van der Waals surface area (Å²) in [6, 6.07) is 5.93. The molecule has 2 nitrogen and oxygen atoms in total. The smallest absolute Gasteiger partial charge is 0.124 e. The maximum atomic E-state index is 13.3. The molecule has 0 bridgehead atoms. The zero-order valence-corrected chi connectivity index (χ0v) is 12.3. The van der Waals surface area contributed by atoms with E-state index in [0.717, 1.165) is 21.1 Å². The summed E-state index contributed by atoms with van der Waals surface area (Å²) in [5.74, 6) is 0.698. The largest absolute Gasteiger partial charge is 0.305 e. The zero-order chi connectivity index (χ0) is 13.5. The summed E-state index contributed by atoms with van der Waals surface area (Å²) in [6.07, 6.45) is 7.92. The summed E-state index contributed by atoms with van der Waals surface area (Å²) in [5.41, 5.74) is 0.930. The normalized spacial score (nSPS) is 30.4. The fourth-order valence-electron chi connectivity index (χ4n) is 3.76. The summed E-state index contributed by atoms with van der Waals surface area (Å²) in [4.78, 5) is 4.70. The lowest BCUT2D eigenvalue weighted by atomic mass is 9.78. The Balaban J connectivity index is 1.59. The first-order valence-electron chi connectivity index (χ1n) is 7.61. The Morgan fingerprint density at radius 3 is 3.00 bits per heavy atom. The Kier molecular flexibility index (Phi) is 3.23. The highest BCUT2D eigenvalue weighted by atomic mass is 32.1. The van der Waals surface area contributed by atoms with Gasteiger partial charge in [0.2, 0.25) is 0 Å². The van der Waals surface area contributed by atoms with Crippen LogP contribution in [0.15, 0.2) is 18.2 Å². The lowest BCUT2D eigenvalue weighted by Crippen LogP contribution is -2.44. The van der Waals surface area contributed by atoms with E-state index in [1.54, 1.807) is 23.5 Å². The molecule has 1 saturated heterocycles. The molecule has 4 rings (SSSR count). The van der Waals surface area contributed by atoms with Crippen molar-refractivity contribution in [1.29, 1.82) is 0 Å². The average Bonchev–Trinajstić information content (AvgIpc) is 2.89. The first-order valence-corrected chi connectivity index (χ1v) is 8.43. The predicted molar refractivity (Wildman–Crippen MR) is 80.4 cm³/mol. The van der Waals surface area contributed by atoms with Gasteiger partial charge in [-0.2, -0.15) is 0 Å². The minimum absolute atomic E-state index is 0.170. The molecule has 2 heterocycles. The van der Waals surface area contributed by atoms with E-state index in [2.05, 4.69) is 5.32 Å². The summed E-state index contributed by atoms with van der Waals surface area (Å²) >= 11 is 1.64. The van der Waals surface area contributed by atoms with Crippen LogP contribution < -0.4 is 5.32 Å². The molecular weight excluding hydrogens is 271 g/mol. The number of benzene rings is 1. The predicted octanol–water partition coefficient (Wildman–Crippen LogP) is 4.42. The Hall–Kier alpha value is -1.00. The van der Waals surface area contributed by atoms with E-state index in [1.165, 1.54) is 44.6 Å². The van der Waals surface area contributed by atoms with Gasteiger partial charge in [0.15, 0.2) is 0 Å². The summed E-state index contributed by atoms with van der Waals surface area (Å²) in [7, 11) is 0. The van der Waals surface area contributed by atoms with Gasteiger partial charge in [-0.1, -0.05) is 12.8 Å². The number of piperidine rings is 1. The third-order valence-electron chi connectivity index (χ3n) is 4.82. The highest BCUT2D eigenvalue weighted by molar-refractivity contribution is 7.18. The van der Waals surface area contributed by atoms with Crippen LogP contribution in [0.2, 0.25) is 0 Å². The number of halogens is 1. The third-order valence-corrected chi connectivity index (χ3v) is 5.95. The van der Waals surface area contributed by atoms with Crippen molar-refractivity contribution < 1.29 is 4.39 Å². The Bertz CT molecular complexity index is 624. The molecule has 3 unspecified atom stereocenters. The van der Waals surface area contributed by atoms with E-state index >= 15 is 0 Å². The van der Waals surface area contributed by atoms with E-state index < -0.39 is 0 Å². The van der Waals surface area contributed by atoms with Gasteiger partial charge >= 0.3 is 0 Å². The first kappa shape index (κ1) is 12.7. The Labute approximate surface area is 122 Å². The molecule has 20 heavy (non-hydrogen) atoms. The molecular formula is C16H19FN2S. The molecule has 0 radical (unpaired) electrons. The van der Waals surface area contributed by atoms with E-state index in [9.17, 15) is 4.39 Å². The first-order chi connectivity index (χ1) is 9.79. The summed E-state index contributed by atoms with van der Waals surface area (Å²) in [5, 5.41) is 4.94. The highest BCUT2D eigenvalue weighted by Gasteiger charge is 2.33. The SMILES string of the molecule is Fc1ccc2nc(C3CCC4CCCCC4N3)sc2c1. The van der Waals surface area contributed by atoms with Crippen LogP contribution >= 0.6 is 11.3 Å². The molecule has 2 aliphatic rings. The second-order valence-electron chi connectivity index (χ2n) is 6.11. The van der Waals surface area contributed by atoms with E-state index in [4.69, 9.17) is 4.98 Å². The molecule has 3 atom stereocenters. The Morgan fingerprint density at radius 1 is 1.15 bits per heavy atom. The van der Waals surface area contributed by atoms with Crippen molar-refractivity contribution in [3.05, 3.63) is 29.0 Å². The van der Waals surface area contributed by atoms with Gasteiger partial charge in [-0.05, 0) is 49.8 Å². The van der Waals surface area contributed by atoms with Crippen LogP contribution in [0.4, 0.5) is 4.39 Å². The van der Waals surface area contributed by atoms with Gasteiger partial charge in [-0.3, -0.25) is 0 Å². The second kappa shape index (κ2) is 5.08. The fourth-order valence-corrected chi connectivity index (χ4v) is 4.84. The van der Waals surface area contributed by atoms with Crippen molar-refractivity contribution >= 4 is 21.6 Å². The maximum absolute atomic E-state index is 13.3. The monoisotopic (exact) mass is 290 g/mol. The summed E-state index contributed by atoms with van der Waals surface area (Å²) < 4.78 is 14.2. The minimum Gasteiger partial charge on any atom is -0.305 e. The van der Waals surface area contributed by atoms with Crippen LogP contribution in [0.5, 0.6) is 0 Å². The van der Waals surface area contributed by atoms with Crippen molar-refractivity contribution in [2.45, 2.75) is 50.6 Å². The van der Waals surface area contributed by atoms with E-state index in [1.807, 2.05) is 0 Å². The molecule has 1 aliphatic carbocycles. The third kappa shape index (κ3) is 2.25. The number of rotatable bonds is 1. The van der Waals surface area contributed by atoms with Crippen molar-refractivity contribution in [1.82, 2.24) is 10.3 Å². The fraction of sp³-hybridized carbons (Fsp3) is 0.562. The van der Waals surface area contributed by atoms with Gasteiger partial charge < -0.3 is 5.32 Å². The van der Waals surface area contributed by atoms with Crippen molar-refractivity contribution in [2.75, 3.05) is 0 Å². The lowest BCUT2D eigenvalue weighted by molar-refractivity contribution is 0.177. The standard InChI is InChI=1S/C16H19FN2S/c17-11-6-8-13-15(9-11)20-16(19-13)14-7-5-10-3-1-2-4-12(10)18-14/h6,8-10,12,14,18H,1-5,7H2. The molecule has 1 aromatic heterocycles. The quantitative estimate of drug-likeness (QED) is 0.841. The second-order valence-corrected chi connectivity index (χ2v) is 7.17. The van der Waals surface area contributed by atoms with Gasteiger partial charge in [0, 0.05) is 6.04 Å². The van der Waals surface area contributed by atoms with Gasteiger partial charge in [0.05, 0.1) is 16.3 Å². The topological polar surface area (TPSA) is 24.9 Å². The van der Waals surface area contributed by atoms with Crippen LogP contribution in [-0.4, -0.2) is 11.0 Å². The Morgan fingerprint density at radius 2 is 2.05 bits per heavy atom. The molecule has 1 aromatic carbocycles. The number of aromatic nitrogens is 1. The molecule has 1 N–H and O–H groups in total. The van der Waals surface area contributed by atoms with Crippen LogP contribution in [0.3, 0.4) is 0 Å². The van der Waals surface area contributed by atoms with Crippen molar-refractivity contribution in [2.24, 2.45) is 5.92 Å². The highest BCUT2D eigenvalue weighted by Crippen LogP contribution is 2.38. The van der Waals surface area contributed by atoms with Crippen LogP contribution in [0.1, 0.15) is 49.6 Å². The summed E-state index contributed by atoms with van der Waals surface area (Å²) in [6.45, 7) is 0. The molecule has 106 valence electrons. The van der Waals surface area contributed by atoms with E-state index in [0.29, 0.717) is 12.1 Å². The molecule has 0 spiro atoms. The average molecular weight is 290 g/mol. The molecule has 2 aromatic rings. The number of hydrogen-bond donors (Lipinski definition) is 1. The van der Waals surface area contributed by atoms with Crippen LogP contribution in [-0.2, 0) is 0 Å². The number of fused-ring (bicyclic) bond motifs is 2. The molecule has 1 aliphatic heterocycles. The molecule has 2 fully saturated rings. The zero-order valence-electron chi connectivity index (χ0n) is 11.4. The number of thiazole rings is 1. The van der Waals surface area contributed by atoms with E-state index in [-0.39, 0.29) is 5.82 Å². The van der Waals surface area contributed by atoms with Crippen LogP contribution in [0, 0.1) is 11.7 Å². The number of nitrogens with zero attached hydrogens (tertiary/aromatic N) is 1. The lowest BCUT2D eigenvalue weighted by Gasteiger charge is -2.39. The maximum Gasteiger partial charge on any atom is 0.124 e. The molecule has 0 amide bonds. The van der Waals surface area contributed by atoms with Crippen molar-refractivity contribution in [3.8, 4) is 0 Å². The van der Waals surface area contributed by atoms with Gasteiger partial charge in [-0.25, -0.2) is 9.37 Å². The number of hydrogen-bond acceptors (Lipinski definition) is 3. The van der Waals surface area contributed by atoms with Crippen LogP contribution in [0.25, 0.3) is 10.2 Å². The van der Waals surface area contributed by atoms with Gasteiger partial charge in [-0.15, -0.1) is 11.3 Å².